The van der Waals surface area contributed by atoms with E-state index < -0.39 is 0 Å². The molecule has 0 saturated heterocycles. The molecule has 0 fully saturated rings. The van der Waals surface area contributed by atoms with E-state index in [0.717, 1.165) is 0 Å². The average Bonchev–Trinajstić information content (AvgIpc) is 2.22. The topological polar surface area (TPSA) is 62.8 Å². The minimum atomic E-state index is -0.278. The number of nitrogens with one attached hydrogen (secondary N) is 1. The molecule has 0 aliphatic heterocycles. The summed E-state index contributed by atoms with van der Waals surface area (Å²) in [4.78, 5) is 22.3. The molecule has 0 spiro atoms. The molecule has 1 aromatic carbocycles. The average molecular weight is 220 g/mol. The second-order valence-corrected chi connectivity index (χ2v) is 3.61. The van der Waals surface area contributed by atoms with Gasteiger partial charge in [-0.25, -0.2) is 5.10 Å². The molecule has 4 nitrogen and oxygen atoms in total. The molecule has 2 aromatic rings. The van der Waals surface area contributed by atoms with E-state index in [1.54, 1.807) is 24.3 Å². The van der Waals surface area contributed by atoms with Gasteiger partial charge in [-0.1, -0.05) is 18.2 Å². The number of nitrogens with zero attached hydrogens (tertiary/aromatic N) is 1. The summed E-state index contributed by atoms with van der Waals surface area (Å²) in [5.74, 6) is 0. The van der Waals surface area contributed by atoms with E-state index >= 15 is 0 Å². The summed E-state index contributed by atoms with van der Waals surface area (Å²) in [5.41, 5.74) is 0.297. The van der Waals surface area contributed by atoms with Gasteiger partial charge in [0.2, 0.25) is 0 Å². The summed E-state index contributed by atoms with van der Waals surface area (Å²) in [6.07, 6.45) is 0.112. The Hall–Kier alpha value is -1.62. The van der Waals surface area contributed by atoms with E-state index in [-0.39, 0.29) is 17.1 Å². The van der Waals surface area contributed by atoms with Crippen LogP contribution in [0, 0.1) is 0 Å². The zero-order valence-electron chi connectivity index (χ0n) is 7.73. The van der Waals surface area contributed by atoms with Crippen molar-refractivity contribution >= 4 is 28.5 Å². The molecule has 5 heteroatoms. The number of rotatable bonds is 2. The Morgan fingerprint density at radius 3 is 2.67 bits per heavy atom. The Balaban J connectivity index is 2.71. The molecule has 0 aliphatic carbocycles. The van der Waals surface area contributed by atoms with Crippen molar-refractivity contribution in [3.63, 3.8) is 0 Å². The highest BCUT2D eigenvalue weighted by molar-refractivity contribution is 7.96. The van der Waals surface area contributed by atoms with Crippen molar-refractivity contribution in [2.45, 2.75) is 6.42 Å². The van der Waals surface area contributed by atoms with Crippen molar-refractivity contribution in [1.82, 2.24) is 10.2 Å². The lowest BCUT2D eigenvalue weighted by Gasteiger charge is -2.01. The molecule has 1 N–H and O–H groups in total. The van der Waals surface area contributed by atoms with E-state index in [2.05, 4.69) is 22.8 Å². The normalized spacial score (nSPS) is 10.5. The summed E-state index contributed by atoms with van der Waals surface area (Å²) in [6.45, 7) is 0. The summed E-state index contributed by atoms with van der Waals surface area (Å²) < 4.78 is 0. The zero-order valence-corrected chi connectivity index (χ0v) is 8.62. The van der Waals surface area contributed by atoms with E-state index in [1.165, 1.54) is 0 Å². The van der Waals surface area contributed by atoms with Gasteiger partial charge in [-0.2, -0.15) is 5.10 Å². The van der Waals surface area contributed by atoms with Crippen molar-refractivity contribution in [3.05, 3.63) is 40.3 Å². The van der Waals surface area contributed by atoms with Crippen LogP contribution in [0.3, 0.4) is 0 Å². The summed E-state index contributed by atoms with van der Waals surface area (Å²) in [6, 6.07) is 7.03. The van der Waals surface area contributed by atoms with Gasteiger partial charge in [0.25, 0.3) is 5.56 Å². The van der Waals surface area contributed by atoms with Gasteiger partial charge in [0.1, 0.15) is 0 Å². The number of aromatic nitrogens is 2. The smallest absolute Gasteiger partial charge is 0.272 e. The van der Waals surface area contributed by atoms with E-state index in [9.17, 15) is 9.59 Å². The molecule has 0 aliphatic rings. The Morgan fingerprint density at radius 1 is 1.33 bits per heavy atom. The zero-order chi connectivity index (χ0) is 10.8. The number of benzene rings is 1. The van der Waals surface area contributed by atoms with Gasteiger partial charge in [0.15, 0.2) is 5.12 Å². The summed E-state index contributed by atoms with van der Waals surface area (Å²) >= 11 is 3.69. The molecule has 76 valence electrons. The van der Waals surface area contributed by atoms with Crippen LogP contribution in [-0.2, 0) is 11.2 Å². The molecule has 2 rings (SSSR count). The van der Waals surface area contributed by atoms with Crippen LogP contribution in [0.15, 0.2) is 29.1 Å². The fraction of sp³-hybridized carbons (Fsp3) is 0.100. The van der Waals surface area contributed by atoms with E-state index in [4.69, 9.17) is 0 Å². The second-order valence-electron chi connectivity index (χ2n) is 3.12. The number of fused-ring (bicyclic) bond motifs is 1. The quantitative estimate of drug-likeness (QED) is 0.740. The monoisotopic (exact) mass is 220 g/mol. The van der Waals surface area contributed by atoms with Crippen LogP contribution in [0.2, 0.25) is 0 Å². The molecule has 0 saturated carbocycles. The van der Waals surface area contributed by atoms with Gasteiger partial charge >= 0.3 is 0 Å². The first-order chi connectivity index (χ1) is 7.18. The Kier molecular flexibility index (Phi) is 2.55. The first-order valence-electron chi connectivity index (χ1n) is 4.36. The molecular formula is C10H8N2O2S. The molecule has 0 radical (unpaired) electrons. The molecule has 0 bridgehead atoms. The maximum Gasteiger partial charge on any atom is 0.272 e. The molecular weight excluding hydrogens is 212 g/mol. The van der Waals surface area contributed by atoms with E-state index in [1.807, 2.05) is 0 Å². The second kappa shape index (κ2) is 3.86. The van der Waals surface area contributed by atoms with Gasteiger partial charge in [-0.15, -0.1) is 12.6 Å². The first kappa shape index (κ1) is 9.92. The number of H-pyrrole nitrogens is 1. The molecule has 0 atom stereocenters. The van der Waals surface area contributed by atoms with Gasteiger partial charge in [0, 0.05) is 5.39 Å². The van der Waals surface area contributed by atoms with Crippen molar-refractivity contribution in [2.75, 3.05) is 0 Å². The van der Waals surface area contributed by atoms with Crippen LogP contribution < -0.4 is 5.56 Å². The Morgan fingerprint density at radius 2 is 2.00 bits per heavy atom. The fourth-order valence-corrected chi connectivity index (χ4v) is 1.60. The van der Waals surface area contributed by atoms with Gasteiger partial charge < -0.3 is 0 Å². The predicted octanol–water partition coefficient (Wildman–Crippen LogP) is 0.922. The third kappa shape index (κ3) is 1.92. The highest BCUT2D eigenvalue weighted by atomic mass is 32.1. The van der Waals surface area contributed by atoms with Crippen LogP contribution in [-0.4, -0.2) is 15.3 Å². The maximum atomic E-state index is 11.4. The van der Waals surface area contributed by atoms with Gasteiger partial charge in [0.05, 0.1) is 17.5 Å². The third-order valence-corrected chi connectivity index (χ3v) is 2.25. The number of thiol groups is 1. The molecule has 1 heterocycles. The number of aromatic amines is 1. The van der Waals surface area contributed by atoms with Gasteiger partial charge in [-0.05, 0) is 6.07 Å². The van der Waals surface area contributed by atoms with E-state index in [0.29, 0.717) is 16.5 Å². The molecule has 15 heavy (non-hydrogen) atoms. The summed E-state index contributed by atoms with van der Waals surface area (Å²) in [7, 11) is 0. The van der Waals surface area contributed by atoms with Crippen LogP contribution >= 0.6 is 12.6 Å². The number of hydrogen-bond acceptors (Lipinski definition) is 3. The van der Waals surface area contributed by atoms with Crippen LogP contribution in [0.25, 0.3) is 10.8 Å². The number of hydrogen-bond donors (Lipinski definition) is 2. The molecule has 1 aromatic heterocycles. The van der Waals surface area contributed by atoms with Crippen LogP contribution in [0.1, 0.15) is 5.69 Å². The standard InChI is InChI=1S/C10H8N2O2S/c13-9(15)5-8-6-3-1-2-4-7(6)10(14)12-11-8/h1-4H,5H2,(H,12,14)(H,13,15). The molecule has 0 unspecified atom stereocenters. The highest BCUT2D eigenvalue weighted by Crippen LogP contribution is 2.13. The maximum absolute atomic E-state index is 11.4. The van der Waals surface area contributed by atoms with Gasteiger partial charge in [-0.3, -0.25) is 9.59 Å². The van der Waals surface area contributed by atoms with Crippen molar-refractivity contribution in [2.24, 2.45) is 0 Å². The third-order valence-electron chi connectivity index (χ3n) is 2.09. The largest absolute Gasteiger partial charge is 0.287 e. The number of carbonyl (C=O) groups excluding carboxylic acids is 1. The van der Waals surface area contributed by atoms with Crippen molar-refractivity contribution in [3.8, 4) is 0 Å². The Labute approximate surface area is 90.7 Å². The predicted molar refractivity (Wildman–Crippen MR) is 60.1 cm³/mol. The first-order valence-corrected chi connectivity index (χ1v) is 4.81. The lowest BCUT2D eigenvalue weighted by atomic mass is 10.1. The van der Waals surface area contributed by atoms with Crippen molar-refractivity contribution < 1.29 is 4.79 Å². The van der Waals surface area contributed by atoms with Crippen LogP contribution in [0.5, 0.6) is 0 Å². The SMILES string of the molecule is O=C(S)Cc1n[nH]c(=O)c2ccccc12. The number of carbonyl (C=O) groups is 1. The minimum Gasteiger partial charge on any atom is -0.287 e. The van der Waals surface area contributed by atoms with Crippen molar-refractivity contribution in [1.29, 1.82) is 0 Å². The highest BCUT2D eigenvalue weighted by Gasteiger charge is 2.07. The minimum absolute atomic E-state index is 0.112. The molecule has 0 amide bonds. The summed E-state index contributed by atoms with van der Waals surface area (Å²) in [5, 5.41) is 7.15. The van der Waals surface area contributed by atoms with Crippen LogP contribution in [0.4, 0.5) is 0 Å². The lowest BCUT2D eigenvalue weighted by molar-refractivity contribution is -0.110. The lowest BCUT2D eigenvalue weighted by Crippen LogP contribution is -2.12. The Bertz CT molecular complexity index is 577. The fourth-order valence-electron chi connectivity index (χ4n) is 1.45.